The van der Waals surface area contributed by atoms with Crippen molar-refractivity contribution in [3.63, 3.8) is 0 Å². The van der Waals surface area contributed by atoms with Gasteiger partial charge in [0, 0.05) is 10.4 Å². The first kappa shape index (κ1) is 13.4. The van der Waals surface area contributed by atoms with Crippen molar-refractivity contribution < 1.29 is 14.6 Å². The van der Waals surface area contributed by atoms with E-state index in [1.54, 1.807) is 7.11 Å². The van der Waals surface area contributed by atoms with Crippen molar-refractivity contribution in [1.29, 1.82) is 0 Å². The van der Waals surface area contributed by atoms with E-state index in [-0.39, 0.29) is 12.3 Å². The van der Waals surface area contributed by atoms with Crippen LogP contribution >= 0.6 is 15.9 Å². The highest BCUT2D eigenvalue weighted by Crippen LogP contribution is 2.44. The summed E-state index contributed by atoms with van der Waals surface area (Å²) in [6, 6.07) is 5.80. The van der Waals surface area contributed by atoms with Crippen LogP contribution < -0.4 is 4.74 Å². The first-order chi connectivity index (χ1) is 8.61. The number of methoxy groups -OCH3 is 1. The molecule has 18 heavy (non-hydrogen) atoms. The van der Waals surface area contributed by atoms with Gasteiger partial charge in [-0.3, -0.25) is 4.79 Å². The van der Waals surface area contributed by atoms with Gasteiger partial charge in [-0.1, -0.05) is 22.4 Å². The molecule has 1 N–H and O–H groups in total. The fourth-order valence-electron chi connectivity index (χ4n) is 2.56. The third kappa shape index (κ3) is 2.86. The van der Waals surface area contributed by atoms with Crippen molar-refractivity contribution in [2.75, 3.05) is 7.11 Å². The molecular formula is C14H17BrO3. The summed E-state index contributed by atoms with van der Waals surface area (Å²) in [5.74, 6) is 0.582. The molecule has 1 atom stereocenters. The van der Waals surface area contributed by atoms with Crippen LogP contribution in [0.15, 0.2) is 22.7 Å². The van der Waals surface area contributed by atoms with Gasteiger partial charge in [0.25, 0.3) is 0 Å². The lowest BCUT2D eigenvalue weighted by Crippen LogP contribution is -2.23. The Morgan fingerprint density at radius 2 is 2.28 bits per heavy atom. The lowest BCUT2D eigenvalue weighted by atomic mass is 9.71. The van der Waals surface area contributed by atoms with Gasteiger partial charge in [0.1, 0.15) is 5.75 Å². The Morgan fingerprint density at radius 3 is 2.78 bits per heavy atom. The van der Waals surface area contributed by atoms with Crippen molar-refractivity contribution in [3.05, 3.63) is 28.2 Å². The van der Waals surface area contributed by atoms with Crippen LogP contribution in [0.2, 0.25) is 0 Å². The predicted molar refractivity (Wildman–Crippen MR) is 73.0 cm³/mol. The molecule has 4 heteroatoms. The van der Waals surface area contributed by atoms with Gasteiger partial charge >= 0.3 is 5.97 Å². The normalized spacial score (nSPS) is 17.0. The molecule has 1 aromatic carbocycles. The highest BCUT2D eigenvalue weighted by Gasteiger charge is 2.32. The third-order valence-corrected chi connectivity index (χ3v) is 4.20. The zero-order valence-electron chi connectivity index (χ0n) is 10.4. The molecule has 0 heterocycles. The van der Waals surface area contributed by atoms with E-state index in [0.717, 1.165) is 28.6 Å². The van der Waals surface area contributed by atoms with Crippen molar-refractivity contribution in [2.45, 2.75) is 31.6 Å². The number of ether oxygens (including phenoxy) is 1. The maximum atomic E-state index is 11.1. The van der Waals surface area contributed by atoms with Gasteiger partial charge in [0.15, 0.2) is 0 Å². The Hall–Kier alpha value is -1.03. The number of halogens is 1. The molecule has 0 amide bonds. The number of carboxylic acids is 1. The molecule has 0 bridgehead atoms. The second kappa shape index (κ2) is 5.74. The van der Waals surface area contributed by atoms with Crippen molar-refractivity contribution >= 4 is 21.9 Å². The average molecular weight is 313 g/mol. The van der Waals surface area contributed by atoms with E-state index in [2.05, 4.69) is 15.9 Å². The minimum Gasteiger partial charge on any atom is -0.496 e. The number of aliphatic carboxylic acids is 1. The van der Waals surface area contributed by atoms with Crippen LogP contribution in [0.1, 0.15) is 37.2 Å². The van der Waals surface area contributed by atoms with Gasteiger partial charge in [0.2, 0.25) is 0 Å². The van der Waals surface area contributed by atoms with E-state index in [1.165, 1.54) is 6.42 Å². The van der Waals surface area contributed by atoms with Crippen LogP contribution in [-0.4, -0.2) is 18.2 Å². The monoisotopic (exact) mass is 312 g/mol. The van der Waals surface area contributed by atoms with Crippen LogP contribution in [0.4, 0.5) is 0 Å². The van der Waals surface area contributed by atoms with E-state index in [0.29, 0.717) is 5.92 Å². The molecule has 0 aliphatic heterocycles. The molecular weight excluding hydrogens is 296 g/mol. The second-order valence-electron chi connectivity index (χ2n) is 4.78. The van der Waals surface area contributed by atoms with Crippen molar-refractivity contribution in [2.24, 2.45) is 5.92 Å². The average Bonchev–Trinajstić information content (AvgIpc) is 2.25. The first-order valence-electron chi connectivity index (χ1n) is 6.17. The number of hydrogen-bond acceptors (Lipinski definition) is 2. The SMILES string of the molecule is COc1ccc(Br)cc1C(CC(=O)O)C1CCC1. The molecule has 0 aromatic heterocycles. The molecule has 0 radical (unpaired) electrons. The number of carbonyl (C=O) groups is 1. The Labute approximate surface area is 115 Å². The van der Waals surface area contributed by atoms with E-state index in [9.17, 15) is 4.79 Å². The van der Waals surface area contributed by atoms with Gasteiger partial charge in [0.05, 0.1) is 13.5 Å². The van der Waals surface area contributed by atoms with Crippen LogP contribution in [0.5, 0.6) is 5.75 Å². The van der Waals surface area contributed by atoms with Gasteiger partial charge < -0.3 is 9.84 Å². The summed E-state index contributed by atoms with van der Waals surface area (Å²) in [5.41, 5.74) is 1.01. The molecule has 1 aliphatic carbocycles. The number of rotatable bonds is 5. The molecule has 0 spiro atoms. The lowest BCUT2D eigenvalue weighted by molar-refractivity contribution is -0.138. The largest absolute Gasteiger partial charge is 0.496 e. The van der Waals surface area contributed by atoms with Crippen LogP contribution in [0.3, 0.4) is 0 Å². The van der Waals surface area contributed by atoms with Crippen molar-refractivity contribution in [1.82, 2.24) is 0 Å². The van der Waals surface area contributed by atoms with E-state index < -0.39 is 5.97 Å². The van der Waals surface area contributed by atoms with Gasteiger partial charge in [-0.2, -0.15) is 0 Å². The summed E-state index contributed by atoms with van der Waals surface area (Å²) in [5, 5.41) is 9.09. The molecule has 1 saturated carbocycles. The second-order valence-corrected chi connectivity index (χ2v) is 5.70. The summed E-state index contributed by atoms with van der Waals surface area (Å²) in [4.78, 5) is 11.1. The quantitative estimate of drug-likeness (QED) is 0.899. The Bertz CT molecular complexity index is 441. The molecule has 3 nitrogen and oxygen atoms in total. The smallest absolute Gasteiger partial charge is 0.303 e. The summed E-state index contributed by atoms with van der Waals surface area (Å²) in [7, 11) is 1.63. The van der Waals surface area contributed by atoms with Gasteiger partial charge in [-0.15, -0.1) is 0 Å². The lowest BCUT2D eigenvalue weighted by Gasteiger charge is -2.34. The van der Waals surface area contributed by atoms with Gasteiger partial charge in [-0.05, 0) is 42.5 Å². The Morgan fingerprint density at radius 1 is 1.56 bits per heavy atom. The predicted octanol–water partition coefficient (Wildman–Crippen LogP) is 3.82. The molecule has 0 saturated heterocycles. The minimum absolute atomic E-state index is 0.0590. The zero-order valence-corrected chi connectivity index (χ0v) is 11.9. The number of benzene rings is 1. The summed E-state index contributed by atoms with van der Waals surface area (Å²) < 4.78 is 6.33. The molecule has 1 aromatic rings. The maximum Gasteiger partial charge on any atom is 0.303 e. The van der Waals surface area contributed by atoms with E-state index in [1.807, 2.05) is 18.2 Å². The molecule has 1 aliphatic rings. The third-order valence-electron chi connectivity index (χ3n) is 3.70. The summed E-state index contributed by atoms with van der Waals surface area (Å²) >= 11 is 3.45. The van der Waals surface area contributed by atoms with Gasteiger partial charge in [-0.25, -0.2) is 0 Å². The highest BCUT2D eigenvalue weighted by molar-refractivity contribution is 9.10. The van der Waals surface area contributed by atoms with Crippen LogP contribution in [-0.2, 0) is 4.79 Å². The minimum atomic E-state index is -0.742. The first-order valence-corrected chi connectivity index (χ1v) is 6.96. The molecule has 1 unspecified atom stereocenters. The molecule has 2 rings (SSSR count). The Kier molecular flexibility index (Phi) is 4.27. The Balaban J connectivity index is 2.33. The highest BCUT2D eigenvalue weighted by atomic mass is 79.9. The standard InChI is InChI=1S/C14H17BrO3/c1-18-13-6-5-10(15)7-12(13)11(8-14(16)17)9-3-2-4-9/h5-7,9,11H,2-4,8H2,1H3,(H,16,17). The number of hydrogen-bond donors (Lipinski definition) is 1. The van der Waals surface area contributed by atoms with E-state index >= 15 is 0 Å². The van der Waals surface area contributed by atoms with Crippen LogP contribution in [0, 0.1) is 5.92 Å². The summed E-state index contributed by atoms with van der Waals surface area (Å²) in [6.07, 6.45) is 3.62. The maximum absolute atomic E-state index is 11.1. The van der Waals surface area contributed by atoms with Crippen molar-refractivity contribution in [3.8, 4) is 5.75 Å². The zero-order chi connectivity index (χ0) is 13.1. The molecule has 98 valence electrons. The fraction of sp³-hybridized carbons (Fsp3) is 0.500. The molecule has 1 fully saturated rings. The fourth-order valence-corrected chi connectivity index (χ4v) is 2.93. The number of carboxylic acid groups (broad SMARTS) is 1. The van der Waals surface area contributed by atoms with E-state index in [4.69, 9.17) is 9.84 Å². The topological polar surface area (TPSA) is 46.5 Å². The summed E-state index contributed by atoms with van der Waals surface area (Å²) in [6.45, 7) is 0. The van der Waals surface area contributed by atoms with Crippen LogP contribution in [0.25, 0.3) is 0 Å².